The van der Waals surface area contributed by atoms with Crippen molar-refractivity contribution >= 4 is 0 Å². The Bertz CT molecular complexity index is 261. The molecular formula is C11H20O5. The number of methoxy groups -OCH3 is 1. The van der Waals surface area contributed by atoms with E-state index in [9.17, 15) is 5.11 Å². The van der Waals surface area contributed by atoms with Crippen LogP contribution in [0.25, 0.3) is 0 Å². The molecule has 0 aromatic rings. The Kier molecular flexibility index (Phi) is 3.01. The van der Waals surface area contributed by atoms with Crippen molar-refractivity contribution in [2.75, 3.05) is 13.7 Å². The maximum absolute atomic E-state index is 9.53. The fraction of sp³-hybridized carbons (Fsp3) is 1.00. The first-order valence-electron chi connectivity index (χ1n) is 5.65. The van der Waals surface area contributed by atoms with E-state index in [0.717, 1.165) is 0 Å². The van der Waals surface area contributed by atoms with Crippen LogP contribution in [0.5, 0.6) is 0 Å². The molecule has 0 saturated carbocycles. The van der Waals surface area contributed by atoms with Gasteiger partial charge in [0, 0.05) is 7.11 Å². The van der Waals surface area contributed by atoms with Crippen molar-refractivity contribution in [2.24, 2.45) is 0 Å². The second kappa shape index (κ2) is 3.92. The SMILES string of the molecule is CC[C@@]1(CO)O[C@@H](OC)C2OC(C)(C)O[C@H]21. The molecule has 1 N–H and O–H groups in total. The molecule has 0 aromatic carbocycles. The summed E-state index contributed by atoms with van der Waals surface area (Å²) in [5, 5.41) is 9.53. The molecule has 2 rings (SSSR count). The van der Waals surface area contributed by atoms with E-state index in [2.05, 4.69) is 0 Å². The van der Waals surface area contributed by atoms with Gasteiger partial charge in [0.25, 0.3) is 0 Å². The van der Waals surface area contributed by atoms with Gasteiger partial charge in [-0.25, -0.2) is 0 Å². The minimum Gasteiger partial charge on any atom is -0.393 e. The molecule has 2 aliphatic heterocycles. The largest absolute Gasteiger partial charge is 0.393 e. The van der Waals surface area contributed by atoms with Crippen molar-refractivity contribution in [2.45, 2.75) is 57.1 Å². The monoisotopic (exact) mass is 232 g/mol. The molecule has 16 heavy (non-hydrogen) atoms. The minimum atomic E-state index is -0.709. The van der Waals surface area contributed by atoms with Crippen molar-refractivity contribution < 1.29 is 24.1 Å². The van der Waals surface area contributed by atoms with Gasteiger partial charge >= 0.3 is 0 Å². The minimum absolute atomic E-state index is 0.0933. The summed E-state index contributed by atoms with van der Waals surface area (Å²) in [6.07, 6.45) is -0.363. The molecule has 2 fully saturated rings. The van der Waals surface area contributed by atoms with Crippen molar-refractivity contribution in [1.82, 2.24) is 0 Å². The number of hydrogen-bond acceptors (Lipinski definition) is 5. The number of aliphatic hydroxyl groups is 1. The Hall–Kier alpha value is -0.200. The van der Waals surface area contributed by atoms with E-state index >= 15 is 0 Å². The first-order valence-corrected chi connectivity index (χ1v) is 5.65. The molecule has 1 unspecified atom stereocenters. The van der Waals surface area contributed by atoms with Gasteiger partial charge in [-0.1, -0.05) is 6.92 Å². The number of hydrogen-bond donors (Lipinski definition) is 1. The van der Waals surface area contributed by atoms with E-state index in [1.165, 1.54) is 0 Å². The molecule has 0 aliphatic carbocycles. The lowest BCUT2D eigenvalue weighted by Crippen LogP contribution is -2.45. The fourth-order valence-electron chi connectivity index (χ4n) is 2.47. The van der Waals surface area contributed by atoms with Gasteiger partial charge in [0.2, 0.25) is 0 Å². The third-order valence-electron chi connectivity index (χ3n) is 3.37. The maximum atomic E-state index is 9.53. The molecule has 2 heterocycles. The quantitative estimate of drug-likeness (QED) is 0.774. The Morgan fingerprint density at radius 1 is 1.25 bits per heavy atom. The molecule has 0 bridgehead atoms. The van der Waals surface area contributed by atoms with Crippen molar-refractivity contribution in [3.63, 3.8) is 0 Å². The molecule has 0 radical (unpaired) electrons. The van der Waals surface area contributed by atoms with Crippen molar-refractivity contribution in [1.29, 1.82) is 0 Å². The zero-order valence-corrected chi connectivity index (χ0v) is 10.2. The van der Waals surface area contributed by atoms with Crippen LogP contribution in [0.4, 0.5) is 0 Å². The summed E-state index contributed by atoms with van der Waals surface area (Å²) in [5.74, 6) is -0.647. The molecule has 0 spiro atoms. The van der Waals surface area contributed by atoms with Gasteiger partial charge in [0.1, 0.15) is 17.8 Å². The van der Waals surface area contributed by atoms with E-state index in [1.54, 1.807) is 7.11 Å². The smallest absolute Gasteiger partial charge is 0.187 e. The molecule has 2 aliphatic rings. The zero-order valence-electron chi connectivity index (χ0n) is 10.2. The molecule has 5 heteroatoms. The summed E-state index contributed by atoms with van der Waals surface area (Å²) < 4.78 is 22.5. The Balaban J connectivity index is 2.26. The third-order valence-corrected chi connectivity index (χ3v) is 3.37. The van der Waals surface area contributed by atoms with Gasteiger partial charge in [-0.2, -0.15) is 0 Å². The van der Waals surface area contributed by atoms with Gasteiger partial charge in [-0.3, -0.25) is 0 Å². The highest BCUT2D eigenvalue weighted by atomic mass is 16.8. The Morgan fingerprint density at radius 2 is 1.94 bits per heavy atom. The molecule has 2 saturated heterocycles. The van der Waals surface area contributed by atoms with Crippen LogP contribution in [0.2, 0.25) is 0 Å². The van der Waals surface area contributed by atoms with Crippen LogP contribution in [0, 0.1) is 0 Å². The summed E-state index contributed by atoms with van der Waals surface area (Å²) in [4.78, 5) is 0. The predicted molar refractivity (Wildman–Crippen MR) is 55.8 cm³/mol. The normalized spacial score (nSPS) is 45.9. The first-order chi connectivity index (χ1) is 7.48. The Morgan fingerprint density at radius 3 is 2.44 bits per heavy atom. The molecular weight excluding hydrogens is 212 g/mol. The second-order valence-electron chi connectivity index (χ2n) is 4.82. The zero-order chi connectivity index (χ0) is 12.0. The van der Waals surface area contributed by atoms with Crippen LogP contribution in [-0.4, -0.2) is 48.7 Å². The van der Waals surface area contributed by atoms with E-state index in [1.807, 2.05) is 20.8 Å². The predicted octanol–water partition coefficient (Wildman–Crippen LogP) is 0.650. The van der Waals surface area contributed by atoms with E-state index in [0.29, 0.717) is 6.42 Å². The highest BCUT2D eigenvalue weighted by Crippen LogP contribution is 2.45. The summed E-state index contributed by atoms with van der Waals surface area (Å²) >= 11 is 0. The van der Waals surface area contributed by atoms with Crippen molar-refractivity contribution in [3.05, 3.63) is 0 Å². The molecule has 0 aromatic heterocycles. The fourth-order valence-corrected chi connectivity index (χ4v) is 2.47. The van der Waals surface area contributed by atoms with E-state index < -0.39 is 17.7 Å². The van der Waals surface area contributed by atoms with Gasteiger partial charge in [0.05, 0.1) is 6.61 Å². The maximum Gasteiger partial charge on any atom is 0.187 e. The van der Waals surface area contributed by atoms with Crippen molar-refractivity contribution in [3.8, 4) is 0 Å². The molecule has 4 atom stereocenters. The average molecular weight is 232 g/mol. The first kappa shape index (κ1) is 12.3. The van der Waals surface area contributed by atoms with Gasteiger partial charge in [-0.05, 0) is 20.3 Å². The van der Waals surface area contributed by atoms with Crippen LogP contribution < -0.4 is 0 Å². The highest BCUT2D eigenvalue weighted by molar-refractivity contribution is 5.04. The van der Waals surface area contributed by atoms with Gasteiger partial charge in [-0.15, -0.1) is 0 Å². The van der Waals surface area contributed by atoms with Crippen LogP contribution in [0.1, 0.15) is 27.2 Å². The number of aliphatic hydroxyl groups excluding tert-OH is 1. The van der Waals surface area contributed by atoms with Crippen LogP contribution in [0.15, 0.2) is 0 Å². The average Bonchev–Trinajstić information content (AvgIpc) is 2.70. The van der Waals surface area contributed by atoms with Gasteiger partial charge in [0.15, 0.2) is 12.1 Å². The van der Waals surface area contributed by atoms with Gasteiger partial charge < -0.3 is 24.1 Å². The van der Waals surface area contributed by atoms with E-state index in [4.69, 9.17) is 18.9 Å². The summed E-state index contributed by atoms with van der Waals surface area (Å²) in [7, 11) is 1.57. The summed E-state index contributed by atoms with van der Waals surface area (Å²) in [5.41, 5.74) is -0.709. The topological polar surface area (TPSA) is 57.2 Å². The number of fused-ring (bicyclic) bond motifs is 1. The number of ether oxygens (including phenoxy) is 4. The van der Waals surface area contributed by atoms with Crippen LogP contribution in [0.3, 0.4) is 0 Å². The van der Waals surface area contributed by atoms with E-state index in [-0.39, 0.29) is 18.8 Å². The lowest BCUT2D eigenvalue weighted by Gasteiger charge is -2.31. The van der Waals surface area contributed by atoms with Crippen LogP contribution >= 0.6 is 0 Å². The molecule has 0 amide bonds. The standard InChI is InChI=1S/C11H20O5/c1-5-11(6-12)8-7(9(13-4)16-11)14-10(2,3)15-8/h7-9,12H,5-6H2,1-4H3/t7?,8-,9-,11+/m1/s1. The third kappa shape index (κ3) is 1.67. The summed E-state index contributed by atoms with van der Waals surface area (Å²) in [6, 6.07) is 0. The molecule has 5 nitrogen and oxygen atoms in total. The van der Waals surface area contributed by atoms with Crippen LogP contribution in [-0.2, 0) is 18.9 Å². The number of rotatable bonds is 3. The highest BCUT2D eigenvalue weighted by Gasteiger charge is 2.62. The molecule has 94 valence electrons. The second-order valence-corrected chi connectivity index (χ2v) is 4.82. The Labute approximate surface area is 95.6 Å². The lowest BCUT2D eigenvalue weighted by atomic mass is 9.93. The summed E-state index contributed by atoms with van der Waals surface area (Å²) in [6.45, 7) is 5.58. The lowest BCUT2D eigenvalue weighted by molar-refractivity contribution is -0.256.